The van der Waals surface area contributed by atoms with Gasteiger partial charge in [0.05, 0.1) is 23.9 Å². The number of amides is 1. The monoisotopic (exact) mass is 472 g/mol. The highest BCUT2D eigenvalue weighted by atomic mass is 19.1. The van der Waals surface area contributed by atoms with Gasteiger partial charge >= 0.3 is 5.97 Å². The molecule has 0 unspecified atom stereocenters. The number of carbonyl (C=O) groups excluding carboxylic acids is 1. The number of fused-ring (bicyclic) bond motifs is 1. The topological polar surface area (TPSA) is 163 Å². The minimum Gasteiger partial charge on any atom is -0.480 e. The summed E-state index contributed by atoms with van der Waals surface area (Å²) in [5, 5.41) is 23.4. The third-order valence-corrected chi connectivity index (χ3v) is 4.81. The standard InChI is InChI=1S/C14H20FN5O.C9H9NO3/c1-3-4-5-14(2,8-21)20-12-11-10(18-13(16)19-12)6-9(15)7-17-11;11-8(12)6-10-9(13)7-4-2-1-3-5-7/h6-7,21H,3-5,8H2,1-2H3,(H3,16,18,19,20);1-5H,6H2,(H,10,13)(H,11,12)/t14-;/m1./s1. The van der Waals surface area contributed by atoms with Crippen LogP contribution in [0.3, 0.4) is 0 Å². The lowest BCUT2D eigenvalue weighted by atomic mass is 9.96. The van der Waals surface area contributed by atoms with Gasteiger partial charge in [-0.15, -0.1) is 0 Å². The van der Waals surface area contributed by atoms with E-state index in [-0.39, 0.29) is 25.0 Å². The zero-order valence-electron chi connectivity index (χ0n) is 19.1. The molecule has 0 aliphatic carbocycles. The van der Waals surface area contributed by atoms with Gasteiger partial charge in [0.1, 0.15) is 17.9 Å². The summed E-state index contributed by atoms with van der Waals surface area (Å²) in [5.41, 5.74) is 6.35. The van der Waals surface area contributed by atoms with E-state index < -0.39 is 17.3 Å². The van der Waals surface area contributed by atoms with Crippen molar-refractivity contribution in [2.24, 2.45) is 0 Å². The van der Waals surface area contributed by atoms with Crippen LogP contribution in [0.2, 0.25) is 0 Å². The predicted octanol–water partition coefficient (Wildman–Crippen LogP) is 2.60. The molecule has 3 rings (SSSR count). The van der Waals surface area contributed by atoms with E-state index in [2.05, 4.69) is 32.5 Å². The lowest BCUT2D eigenvalue weighted by molar-refractivity contribution is -0.135. The molecule has 6 N–H and O–H groups in total. The largest absolute Gasteiger partial charge is 0.480 e. The molecule has 0 fully saturated rings. The number of benzene rings is 1. The van der Waals surface area contributed by atoms with Crippen LogP contribution in [0.4, 0.5) is 16.2 Å². The van der Waals surface area contributed by atoms with Gasteiger partial charge in [-0.25, -0.2) is 14.4 Å². The Hall–Kier alpha value is -3.86. The van der Waals surface area contributed by atoms with Crippen LogP contribution in [0.1, 0.15) is 43.5 Å². The molecule has 1 aromatic carbocycles. The number of unbranched alkanes of at least 4 members (excludes halogenated alkanes) is 1. The van der Waals surface area contributed by atoms with Gasteiger partial charge in [-0.1, -0.05) is 38.0 Å². The molecule has 0 saturated heterocycles. The van der Waals surface area contributed by atoms with Crippen LogP contribution in [0.25, 0.3) is 11.0 Å². The molecule has 1 atom stereocenters. The molecule has 34 heavy (non-hydrogen) atoms. The SMILES string of the molecule is CCCC[C@](C)(CO)Nc1nc(N)nc2cc(F)cnc12.O=C(O)CNC(=O)c1ccccc1. The van der Waals surface area contributed by atoms with Gasteiger partial charge in [0, 0.05) is 11.6 Å². The number of pyridine rings is 1. The number of aliphatic hydroxyl groups is 1. The van der Waals surface area contributed by atoms with Crippen molar-refractivity contribution in [3.05, 3.63) is 54.0 Å². The minimum atomic E-state index is -1.05. The first-order valence-corrected chi connectivity index (χ1v) is 10.7. The highest BCUT2D eigenvalue weighted by Crippen LogP contribution is 2.25. The van der Waals surface area contributed by atoms with Crippen LogP contribution < -0.4 is 16.4 Å². The van der Waals surface area contributed by atoms with Crippen molar-refractivity contribution in [3.8, 4) is 0 Å². The number of aliphatic carboxylic acids is 1. The zero-order valence-corrected chi connectivity index (χ0v) is 19.1. The molecule has 2 aromatic heterocycles. The second-order valence-corrected chi connectivity index (χ2v) is 7.84. The summed E-state index contributed by atoms with van der Waals surface area (Å²) >= 11 is 0. The molecule has 0 aliphatic rings. The van der Waals surface area contributed by atoms with Crippen LogP contribution in [-0.4, -0.2) is 55.7 Å². The molecule has 2 heterocycles. The van der Waals surface area contributed by atoms with E-state index in [4.69, 9.17) is 10.8 Å². The van der Waals surface area contributed by atoms with Crippen LogP contribution in [-0.2, 0) is 4.79 Å². The number of aliphatic hydroxyl groups excluding tert-OH is 1. The average Bonchev–Trinajstić information content (AvgIpc) is 2.81. The van der Waals surface area contributed by atoms with Gasteiger partial charge in [-0.3, -0.25) is 9.59 Å². The number of halogens is 1. The summed E-state index contributed by atoms with van der Waals surface area (Å²) in [5.74, 6) is -1.46. The van der Waals surface area contributed by atoms with Gasteiger partial charge in [0.25, 0.3) is 5.91 Å². The molecule has 0 spiro atoms. The number of nitrogens with zero attached hydrogens (tertiary/aromatic N) is 3. The Balaban J connectivity index is 0.000000270. The number of hydrogen-bond donors (Lipinski definition) is 5. The number of carboxylic acids is 1. The summed E-state index contributed by atoms with van der Waals surface area (Å²) in [6.07, 6.45) is 3.86. The van der Waals surface area contributed by atoms with Crippen molar-refractivity contribution in [2.75, 3.05) is 24.2 Å². The van der Waals surface area contributed by atoms with Gasteiger partial charge in [-0.05, 0) is 25.5 Å². The van der Waals surface area contributed by atoms with E-state index in [0.717, 1.165) is 25.5 Å². The average molecular weight is 473 g/mol. The van der Waals surface area contributed by atoms with E-state index in [1.54, 1.807) is 30.3 Å². The number of nitrogen functional groups attached to an aromatic ring is 1. The maximum Gasteiger partial charge on any atom is 0.322 e. The molecule has 0 saturated carbocycles. The normalized spacial score (nSPS) is 12.2. The number of anilines is 2. The molecule has 0 bridgehead atoms. The molecule has 0 aliphatic heterocycles. The molecule has 10 nitrogen and oxygen atoms in total. The Morgan fingerprint density at radius 3 is 2.53 bits per heavy atom. The fourth-order valence-corrected chi connectivity index (χ4v) is 2.98. The zero-order chi connectivity index (χ0) is 25.1. The molecule has 182 valence electrons. The van der Waals surface area contributed by atoms with Gasteiger partial charge in [0.2, 0.25) is 5.95 Å². The highest BCUT2D eigenvalue weighted by molar-refractivity contribution is 5.95. The molecular formula is C23H29FN6O4. The number of rotatable bonds is 9. The van der Waals surface area contributed by atoms with Crippen molar-refractivity contribution in [1.29, 1.82) is 0 Å². The van der Waals surface area contributed by atoms with Crippen molar-refractivity contribution in [3.63, 3.8) is 0 Å². The number of aromatic nitrogens is 3. The van der Waals surface area contributed by atoms with Crippen LogP contribution in [0.5, 0.6) is 0 Å². The first-order chi connectivity index (χ1) is 16.2. The molecule has 1 amide bonds. The Labute approximate surface area is 196 Å². The predicted molar refractivity (Wildman–Crippen MR) is 127 cm³/mol. The van der Waals surface area contributed by atoms with Crippen molar-refractivity contribution >= 4 is 34.7 Å². The van der Waals surface area contributed by atoms with Crippen molar-refractivity contribution < 1.29 is 24.2 Å². The molecule has 3 aromatic rings. The molecular weight excluding hydrogens is 443 g/mol. The highest BCUT2D eigenvalue weighted by Gasteiger charge is 2.24. The van der Waals surface area contributed by atoms with Crippen LogP contribution >= 0.6 is 0 Å². The van der Waals surface area contributed by atoms with E-state index in [9.17, 15) is 19.1 Å². The quantitative estimate of drug-likeness (QED) is 0.315. The summed E-state index contributed by atoms with van der Waals surface area (Å²) in [7, 11) is 0. The Morgan fingerprint density at radius 1 is 1.21 bits per heavy atom. The Kier molecular flexibility index (Phi) is 9.62. The number of carbonyl (C=O) groups is 2. The van der Waals surface area contributed by atoms with Gasteiger partial charge < -0.3 is 26.6 Å². The summed E-state index contributed by atoms with van der Waals surface area (Å²) < 4.78 is 13.2. The van der Waals surface area contributed by atoms with Crippen molar-refractivity contribution in [2.45, 2.75) is 38.6 Å². The Bertz CT molecular complexity index is 1110. The second kappa shape index (κ2) is 12.4. The first kappa shape index (κ1) is 26.4. The summed E-state index contributed by atoms with van der Waals surface area (Å²) in [4.78, 5) is 33.4. The minimum absolute atomic E-state index is 0.0354. The van der Waals surface area contributed by atoms with Gasteiger partial charge in [0.15, 0.2) is 5.82 Å². The number of nitrogens with two attached hydrogens (primary N) is 1. The third kappa shape index (κ3) is 7.93. The fraction of sp³-hybridized carbons (Fsp3) is 0.348. The first-order valence-electron chi connectivity index (χ1n) is 10.7. The molecule has 0 radical (unpaired) electrons. The Morgan fingerprint density at radius 2 is 1.91 bits per heavy atom. The van der Waals surface area contributed by atoms with Gasteiger partial charge in [-0.2, -0.15) is 4.98 Å². The second-order valence-electron chi connectivity index (χ2n) is 7.84. The number of carboxylic acid groups (broad SMARTS) is 1. The molecule has 11 heteroatoms. The fourth-order valence-electron chi connectivity index (χ4n) is 2.98. The number of nitrogens with one attached hydrogen (secondary N) is 2. The smallest absolute Gasteiger partial charge is 0.322 e. The maximum absolute atomic E-state index is 13.2. The van der Waals surface area contributed by atoms with Crippen molar-refractivity contribution in [1.82, 2.24) is 20.3 Å². The maximum atomic E-state index is 13.2. The summed E-state index contributed by atoms with van der Waals surface area (Å²) in [6, 6.07) is 9.72. The van der Waals surface area contributed by atoms with E-state index in [0.29, 0.717) is 22.4 Å². The lowest BCUT2D eigenvalue weighted by Gasteiger charge is -2.29. The van der Waals surface area contributed by atoms with E-state index in [1.165, 1.54) is 6.07 Å². The lowest BCUT2D eigenvalue weighted by Crippen LogP contribution is -2.39. The number of hydrogen-bond acceptors (Lipinski definition) is 8. The van der Waals surface area contributed by atoms with Crippen LogP contribution in [0, 0.1) is 5.82 Å². The third-order valence-electron chi connectivity index (χ3n) is 4.81. The van der Waals surface area contributed by atoms with E-state index in [1.807, 2.05) is 6.92 Å². The van der Waals surface area contributed by atoms with E-state index >= 15 is 0 Å². The van der Waals surface area contributed by atoms with Crippen LogP contribution in [0.15, 0.2) is 42.6 Å². The summed E-state index contributed by atoms with van der Waals surface area (Å²) in [6.45, 7) is 3.57.